The van der Waals surface area contributed by atoms with E-state index in [1.54, 1.807) is 0 Å². The second kappa shape index (κ2) is 4.05. The van der Waals surface area contributed by atoms with Crippen LogP contribution in [0.3, 0.4) is 0 Å². The molecular formula is C16H12N2. The molecule has 0 atom stereocenters. The van der Waals surface area contributed by atoms with Gasteiger partial charge >= 0.3 is 0 Å². The van der Waals surface area contributed by atoms with E-state index in [4.69, 9.17) is 6.57 Å². The van der Waals surface area contributed by atoms with Gasteiger partial charge in [0.15, 0.2) is 0 Å². The van der Waals surface area contributed by atoms with Crippen LogP contribution in [0, 0.1) is 6.57 Å². The third kappa shape index (κ3) is 1.42. The quantitative estimate of drug-likeness (QED) is 0.550. The van der Waals surface area contributed by atoms with Gasteiger partial charge in [0.2, 0.25) is 5.69 Å². The average Bonchev–Trinajstić information content (AvgIpc) is 2.73. The van der Waals surface area contributed by atoms with Gasteiger partial charge in [0.1, 0.15) is 0 Å². The molecule has 2 aromatic carbocycles. The lowest BCUT2D eigenvalue weighted by atomic mass is 10.1. The van der Waals surface area contributed by atoms with Gasteiger partial charge in [0, 0.05) is 18.0 Å². The summed E-state index contributed by atoms with van der Waals surface area (Å²) in [6, 6.07) is 18.1. The molecule has 1 aromatic heterocycles. The Labute approximate surface area is 106 Å². The normalized spacial score (nSPS) is 10.4. The van der Waals surface area contributed by atoms with Crippen molar-refractivity contribution >= 4 is 16.6 Å². The van der Waals surface area contributed by atoms with E-state index < -0.39 is 0 Å². The fourth-order valence-electron chi connectivity index (χ4n) is 2.41. The van der Waals surface area contributed by atoms with Gasteiger partial charge in [0.05, 0.1) is 12.3 Å². The number of para-hydroxylation sites is 1. The summed E-state index contributed by atoms with van der Waals surface area (Å²) in [5.74, 6) is 0. The molecule has 0 radical (unpaired) electrons. The predicted molar refractivity (Wildman–Crippen MR) is 74.6 cm³/mol. The zero-order valence-corrected chi connectivity index (χ0v) is 10.1. The molecule has 0 aliphatic carbocycles. The number of benzene rings is 2. The molecule has 0 bridgehead atoms. The smallest absolute Gasteiger partial charge is 0.219 e. The lowest BCUT2D eigenvalue weighted by Gasteiger charge is -2.05. The molecule has 0 unspecified atom stereocenters. The first-order valence-electron chi connectivity index (χ1n) is 5.83. The number of aryl methyl sites for hydroxylation is 1. The summed E-state index contributed by atoms with van der Waals surface area (Å²) in [6.07, 6.45) is 0. The van der Waals surface area contributed by atoms with Crippen LogP contribution in [0.2, 0.25) is 0 Å². The van der Waals surface area contributed by atoms with Crippen LogP contribution in [0.1, 0.15) is 0 Å². The second-order valence-electron chi connectivity index (χ2n) is 4.25. The van der Waals surface area contributed by atoms with Gasteiger partial charge in [-0.1, -0.05) is 48.5 Å². The standard InChI is InChI=1S/C16H12N2/c1-17-15-13-10-6-7-11-14(13)18(2)16(15)12-8-4-3-5-9-12/h3-11H,2H3. The molecule has 0 aliphatic heterocycles. The number of fused-ring (bicyclic) bond motifs is 1. The molecule has 0 spiro atoms. The molecular weight excluding hydrogens is 220 g/mol. The summed E-state index contributed by atoms with van der Waals surface area (Å²) < 4.78 is 2.10. The lowest BCUT2D eigenvalue weighted by Crippen LogP contribution is -1.90. The summed E-state index contributed by atoms with van der Waals surface area (Å²) in [6.45, 7) is 7.44. The number of hydrogen-bond acceptors (Lipinski definition) is 0. The van der Waals surface area contributed by atoms with Crippen LogP contribution in [0.5, 0.6) is 0 Å². The Morgan fingerprint density at radius 3 is 2.33 bits per heavy atom. The van der Waals surface area contributed by atoms with Crippen LogP contribution in [0.4, 0.5) is 5.69 Å². The van der Waals surface area contributed by atoms with E-state index in [1.165, 1.54) is 0 Å². The molecule has 3 rings (SSSR count). The Kier molecular flexibility index (Phi) is 2.39. The lowest BCUT2D eigenvalue weighted by molar-refractivity contribution is 0.980. The van der Waals surface area contributed by atoms with E-state index in [0.29, 0.717) is 0 Å². The Hall–Kier alpha value is -2.53. The molecule has 3 aromatic rings. The van der Waals surface area contributed by atoms with Gasteiger partial charge in [-0.3, -0.25) is 0 Å². The molecule has 0 amide bonds. The van der Waals surface area contributed by atoms with E-state index in [2.05, 4.69) is 15.5 Å². The third-order valence-electron chi connectivity index (χ3n) is 3.24. The average molecular weight is 232 g/mol. The van der Waals surface area contributed by atoms with Gasteiger partial charge in [-0.25, -0.2) is 4.85 Å². The Morgan fingerprint density at radius 1 is 0.944 bits per heavy atom. The number of rotatable bonds is 1. The molecule has 86 valence electrons. The third-order valence-corrected chi connectivity index (χ3v) is 3.24. The van der Waals surface area contributed by atoms with Crippen LogP contribution in [0.25, 0.3) is 27.0 Å². The second-order valence-corrected chi connectivity index (χ2v) is 4.25. The van der Waals surface area contributed by atoms with Gasteiger partial charge < -0.3 is 4.57 Å². The van der Waals surface area contributed by atoms with Gasteiger partial charge in [-0.15, -0.1) is 0 Å². The van der Waals surface area contributed by atoms with Crippen molar-refractivity contribution in [1.29, 1.82) is 0 Å². The van der Waals surface area contributed by atoms with Crippen molar-refractivity contribution in [3.8, 4) is 11.3 Å². The number of aromatic nitrogens is 1. The Balaban J connectivity index is 2.43. The molecule has 0 saturated carbocycles. The molecule has 0 N–H and O–H groups in total. The first-order chi connectivity index (χ1) is 8.83. The van der Waals surface area contributed by atoms with Crippen molar-refractivity contribution in [2.24, 2.45) is 7.05 Å². The van der Waals surface area contributed by atoms with Crippen molar-refractivity contribution < 1.29 is 0 Å². The van der Waals surface area contributed by atoms with Crippen LogP contribution >= 0.6 is 0 Å². The summed E-state index contributed by atoms with van der Waals surface area (Å²) >= 11 is 0. The first-order valence-corrected chi connectivity index (χ1v) is 5.83. The van der Waals surface area contributed by atoms with Crippen LogP contribution < -0.4 is 0 Å². The first kappa shape index (κ1) is 10.6. The van der Waals surface area contributed by atoms with Crippen molar-refractivity contribution in [2.45, 2.75) is 0 Å². The molecule has 0 saturated heterocycles. The topological polar surface area (TPSA) is 9.29 Å². The maximum absolute atomic E-state index is 7.44. The van der Waals surface area contributed by atoms with E-state index >= 15 is 0 Å². The maximum Gasteiger partial charge on any atom is 0.219 e. The van der Waals surface area contributed by atoms with E-state index in [1.807, 2.05) is 55.6 Å². The fourth-order valence-corrected chi connectivity index (χ4v) is 2.41. The van der Waals surface area contributed by atoms with Crippen LogP contribution in [0.15, 0.2) is 54.6 Å². The molecule has 18 heavy (non-hydrogen) atoms. The van der Waals surface area contributed by atoms with Gasteiger partial charge in [0.25, 0.3) is 0 Å². The van der Waals surface area contributed by atoms with E-state index in [9.17, 15) is 0 Å². The zero-order chi connectivity index (χ0) is 12.5. The van der Waals surface area contributed by atoms with Crippen molar-refractivity contribution in [3.63, 3.8) is 0 Å². The molecule has 2 heteroatoms. The number of nitrogens with zero attached hydrogens (tertiary/aromatic N) is 2. The minimum Gasteiger partial charge on any atom is -0.354 e. The molecule has 2 nitrogen and oxygen atoms in total. The molecule has 0 fully saturated rings. The monoisotopic (exact) mass is 232 g/mol. The molecule has 1 heterocycles. The van der Waals surface area contributed by atoms with Crippen molar-refractivity contribution in [1.82, 2.24) is 4.57 Å². The fraction of sp³-hybridized carbons (Fsp3) is 0.0625. The highest BCUT2D eigenvalue weighted by molar-refractivity contribution is 6.02. The molecule has 0 aliphatic rings. The predicted octanol–water partition coefficient (Wildman–Crippen LogP) is 4.40. The summed E-state index contributed by atoms with van der Waals surface area (Å²) in [5.41, 5.74) is 3.91. The van der Waals surface area contributed by atoms with Crippen molar-refractivity contribution in [2.75, 3.05) is 0 Å². The maximum atomic E-state index is 7.44. The Bertz CT molecular complexity index is 746. The summed E-state index contributed by atoms with van der Waals surface area (Å²) in [7, 11) is 2.01. The largest absolute Gasteiger partial charge is 0.354 e. The highest BCUT2D eigenvalue weighted by atomic mass is 15.0. The van der Waals surface area contributed by atoms with E-state index in [-0.39, 0.29) is 0 Å². The highest BCUT2D eigenvalue weighted by Gasteiger charge is 2.15. The SMILES string of the molecule is [C-]#[N+]c1c(-c2ccccc2)n(C)c2ccccc12. The summed E-state index contributed by atoms with van der Waals surface area (Å²) in [5, 5.41) is 1.02. The van der Waals surface area contributed by atoms with Crippen molar-refractivity contribution in [3.05, 3.63) is 66.0 Å². The Morgan fingerprint density at radius 2 is 1.61 bits per heavy atom. The number of hydrogen-bond donors (Lipinski definition) is 0. The van der Waals surface area contributed by atoms with Crippen LogP contribution in [-0.2, 0) is 7.05 Å². The van der Waals surface area contributed by atoms with Crippen LogP contribution in [-0.4, -0.2) is 4.57 Å². The minimum absolute atomic E-state index is 0.735. The highest BCUT2D eigenvalue weighted by Crippen LogP contribution is 2.39. The zero-order valence-electron chi connectivity index (χ0n) is 10.1. The summed E-state index contributed by atoms with van der Waals surface area (Å²) in [4.78, 5) is 3.73. The minimum atomic E-state index is 0.735. The van der Waals surface area contributed by atoms with Gasteiger partial charge in [-0.05, 0) is 11.6 Å². The van der Waals surface area contributed by atoms with E-state index in [0.717, 1.165) is 27.8 Å². The van der Waals surface area contributed by atoms with Gasteiger partial charge in [-0.2, -0.15) is 0 Å².